The van der Waals surface area contributed by atoms with Crippen LogP contribution in [0.5, 0.6) is 0 Å². The van der Waals surface area contributed by atoms with E-state index in [1.807, 2.05) is 0 Å². The fourth-order valence-electron chi connectivity index (χ4n) is 2.24. The van der Waals surface area contributed by atoms with Gasteiger partial charge in [0.2, 0.25) is 5.89 Å². The molecule has 1 fully saturated rings. The monoisotopic (exact) mass is 291 g/mol. The number of nitro benzene ring substituents is 1. The van der Waals surface area contributed by atoms with Gasteiger partial charge in [-0.15, -0.1) is 5.10 Å². The van der Waals surface area contributed by atoms with Gasteiger partial charge in [-0.25, -0.2) is 4.79 Å². The number of benzene rings is 1. The molecule has 3 rings (SSSR count). The molecule has 0 bridgehead atoms. The number of ether oxygens (including phenoxy) is 1. The van der Waals surface area contributed by atoms with Gasteiger partial charge in [0.1, 0.15) is 0 Å². The maximum atomic E-state index is 11.8. The average molecular weight is 291 g/mol. The van der Waals surface area contributed by atoms with E-state index in [-0.39, 0.29) is 17.5 Å². The van der Waals surface area contributed by atoms with Crippen LogP contribution in [-0.4, -0.2) is 27.9 Å². The van der Waals surface area contributed by atoms with E-state index in [1.54, 1.807) is 0 Å². The highest BCUT2D eigenvalue weighted by molar-refractivity contribution is 5.55. The molecule has 0 amide bonds. The number of rotatable bonds is 4. The first-order chi connectivity index (χ1) is 10.1. The van der Waals surface area contributed by atoms with E-state index >= 15 is 0 Å². The second kappa shape index (κ2) is 5.49. The molecule has 1 aliphatic heterocycles. The van der Waals surface area contributed by atoms with Crippen molar-refractivity contribution in [2.45, 2.75) is 13.0 Å². The van der Waals surface area contributed by atoms with Crippen LogP contribution in [0.25, 0.3) is 11.5 Å². The lowest BCUT2D eigenvalue weighted by Gasteiger charge is -2.04. The van der Waals surface area contributed by atoms with E-state index in [4.69, 9.17) is 9.15 Å². The molecule has 8 nitrogen and oxygen atoms in total. The lowest BCUT2D eigenvalue weighted by Crippen LogP contribution is -2.21. The molecule has 1 aliphatic rings. The molecular formula is C13H13N3O5. The first-order valence-electron chi connectivity index (χ1n) is 6.54. The van der Waals surface area contributed by atoms with Gasteiger partial charge in [-0.3, -0.25) is 10.1 Å². The summed E-state index contributed by atoms with van der Waals surface area (Å²) in [4.78, 5) is 21.9. The fourth-order valence-corrected chi connectivity index (χ4v) is 2.24. The molecule has 0 saturated carbocycles. The van der Waals surface area contributed by atoms with Crippen LogP contribution in [0, 0.1) is 16.0 Å². The van der Waals surface area contributed by atoms with Gasteiger partial charge in [0.15, 0.2) is 0 Å². The van der Waals surface area contributed by atoms with Crippen LogP contribution in [0.1, 0.15) is 6.42 Å². The van der Waals surface area contributed by atoms with Crippen LogP contribution in [0.4, 0.5) is 5.69 Å². The van der Waals surface area contributed by atoms with Crippen LogP contribution < -0.4 is 5.76 Å². The van der Waals surface area contributed by atoms with Gasteiger partial charge in [0, 0.05) is 30.2 Å². The topological polar surface area (TPSA) is 100 Å². The highest BCUT2D eigenvalue weighted by atomic mass is 16.6. The Kier molecular flexibility index (Phi) is 3.53. The fraction of sp³-hybridized carbons (Fsp3) is 0.385. The molecule has 0 spiro atoms. The second-order valence-electron chi connectivity index (χ2n) is 4.89. The van der Waals surface area contributed by atoms with Crippen LogP contribution in [-0.2, 0) is 11.3 Å². The smallest absolute Gasteiger partial charge is 0.388 e. The normalized spacial score (nSPS) is 18.0. The molecule has 2 aromatic rings. The Morgan fingerprint density at radius 3 is 2.76 bits per heavy atom. The van der Waals surface area contributed by atoms with Crippen molar-refractivity contribution in [3.05, 3.63) is 44.9 Å². The second-order valence-corrected chi connectivity index (χ2v) is 4.89. The molecule has 110 valence electrons. The molecule has 21 heavy (non-hydrogen) atoms. The van der Waals surface area contributed by atoms with Gasteiger partial charge in [-0.2, -0.15) is 4.68 Å². The standard InChI is InChI=1S/C13H13N3O5/c17-13-15(7-9-5-6-20-8-9)14-12(21-13)10-1-3-11(4-2-10)16(18)19/h1-4,9H,5-8H2/t9-/m1/s1. The molecule has 2 heterocycles. The summed E-state index contributed by atoms with van der Waals surface area (Å²) in [6, 6.07) is 5.71. The van der Waals surface area contributed by atoms with Gasteiger partial charge in [0.25, 0.3) is 5.69 Å². The molecule has 0 aliphatic carbocycles. The summed E-state index contributed by atoms with van der Waals surface area (Å²) in [6.45, 7) is 1.77. The SMILES string of the molecule is O=c1oc(-c2ccc([N+](=O)[O-])cc2)nn1C[C@H]1CCOC1. The maximum absolute atomic E-state index is 11.8. The van der Waals surface area contributed by atoms with Crippen molar-refractivity contribution in [3.8, 4) is 11.5 Å². The zero-order valence-corrected chi connectivity index (χ0v) is 11.1. The van der Waals surface area contributed by atoms with E-state index in [1.165, 1.54) is 28.9 Å². The van der Waals surface area contributed by atoms with Crippen molar-refractivity contribution in [2.24, 2.45) is 5.92 Å². The summed E-state index contributed by atoms with van der Waals surface area (Å²) in [6.07, 6.45) is 0.895. The zero-order chi connectivity index (χ0) is 14.8. The van der Waals surface area contributed by atoms with Gasteiger partial charge >= 0.3 is 5.76 Å². The number of aromatic nitrogens is 2. The van der Waals surface area contributed by atoms with Crippen LogP contribution in [0.15, 0.2) is 33.5 Å². The summed E-state index contributed by atoms with van der Waals surface area (Å²) in [5.41, 5.74) is 0.503. The maximum Gasteiger partial charge on any atom is 0.437 e. The summed E-state index contributed by atoms with van der Waals surface area (Å²) in [7, 11) is 0. The first-order valence-corrected chi connectivity index (χ1v) is 6.54. The lowest BCUT2D eigenvalue weighted by molar-refractivity contribution is -0.384. The lowest BCUT2D eigenvalue weighted by atomic mass is 10.1. The first kappa shape index (κ1) is 13.5. The third kappa shape index (κ3) is 2.84. The number of hydrogen-bond acceptors (Lipinski definition) is 6. The highest BCUT2D eigenvalue weighted by Crippen LogP contribution is 2.20. The molecule has 1 aromatic heterocycles. The molecule has 1 aromatic carbocycles. The minimum atomic E-state index is -0.532. The predicted octanol–water partition coefficient (Wildman–Crippen LogP) is 1.45. The Labute approximate surface area is 119 Å². The third-order valence-corrected chi connectivity index (χ3v) is 3.39. The Bertz CT molecular complexity index is 697. The number of non-ortho nitro benzene ring substituents is 1. The average Bonchev–Trinajstić information content (AvgIpc) is 3.10. The van der Waals surface area contributed by atoms with Gasteiger partial charge in [-0.1, -0.05) is 0 Å². The van der Waals surface area contributed by atoms with Crippen LogP contribution in [0.3, 0.4) is 0 Å². The van der Waals surface area contributed by atoms with Crippen molar-refractivity contribution in [3.63, 3.8) is 0 Å². The Hall–Kier alpha value is -2.48. The zero-order valence-electron chi connectivity index (χ0n) is 11.1. The van der Waals surface area contributed by atoms with Crippen LogP contribution >= 0.6 is 0 Å². The molecule has 1 saturated heterocycles. The number of hydrogen-bond donors (Lipinski definition) is 0. The Morgan fingerprint density at radius 1 is 1.38 bits per heavy atom. The van der Waals surface area contributed by atoms with Gasteiger partial charge in [0.05, 0.1) is 18.1 Å². The molecular weight excluding hydrogens is 278 g/mol. The summed E-state index contributed by atoms with van der Waals surface area (Å²) < 4.78 is 11.6. The highest BCUT2D eigenvalue weighted by Gasteiger charge is 2.19. The van der Waals surface area contributed by atoms with Crippen molar-refractivity contribution >= 4 is 5.69 Å². The van der Waals surface area contributed by atoms with Crippen molar-refractivity contribution in [2.75, 3.05) is 13.2 Å². The Morgan fingerprint density at radius 2 is 2.14 bits per heavy atom. The third-order valence-electron chi connectivity index (χ3n) is 3.39. The minimum Gasteiger partial charge on any atom is -0.388 e. The van der Waals surface area contributed by atoms with E-state index in [2.05, 4.69) is 5.10 Å². The Balaban J connectivity index is 1.82. The van der Waals surface area contributed by atoms with E-state index in [0.29, 0.717) is 25.3 Å². The molecule has 8 heteroatoms. The number of nitro groups is 1. The summed E-state index contributed by atoms with van der Waals surface area (Å²) in [5.74, 6) is -0.110. The molecule has 0 N–H and O–H groups in total. The summed E-state index contributed by atoms with van der Waals surface area (Å²) in [5, 5.41) is 14.7. The molecule has 0 radical (unpaired) electrons. The van der Waals surface area contributed by atoms with E-state index in [9.17, 15) is 14.9 Å². The van der Waals surface area contributed by atoms with Gasteiger partial charge in [-0.05, 0) is 18.6 Å². The van der Waals surface area contributed by atoms with Gasteiger partial charge < -0.3 is 9.15 Å². The quantitative estimate of drug-likeness (QED) is 0.624. The van der Waals surface area contributed by atoms with Crippen molar-refractivity contribution in [1.29, 1.82) is 0 Å². The largest absolute Gasteiger partial charge is 0.437 e. The summed E-state index contributed by atoms with van der Waals surface area (Å²) >= 11 is 0. The molecule has 1 atom stereocenters. The van der Waals surface area contributed by atoms with Crippen LogP contribution in [0.2, 0.25) is 0 Å². The molecule has 0 unspecified atom stereocenters. The van der Waals surface area contributed by atoms with E-state index < -0.39 is 10.7 Å². The minimum absolute atomic E-state index is 0.0244. The predicted molar refractivity (Wildman–Crippen MR) is 71.8 cm³/mol. The number of nitrogens with zero attached hydrogens (tertiary/aromatic N) is 3. The van der Waals surface area contributed by atoms with E-state index in [0.717, 1.165) is 6.42 Å². The van der Waals surface area contributed by atoms with Crippen molar-refractivity contribution in [1.82, 2.24) is 9.78 Å². The van der Waals surface area contributed by atoms with Crippen molar-refractivity contribution < 1.29 is 14.1 Å².